The van der Waals surface area contributed by atoms with E-state index in [0.29, 0.717) is 25.9 Å². The Hall–Kier alpha value is -1.14. The number of hydrogen-bond donors (Lipinski definition) is 3. The lowest BCUT2D eigenvalue weighted by Crippen LogP contribution is -2.45. The molecule has 0 fully saturated rings. The highest BCUT2D eigenvalue weighted by Crippen LogP contribution is 2.19. The average molecular weight is 1050 g/mol. The Morgan fingerprint density at radius 2 is 0.554 bits per heavy atom. The maximum atomic E-state index is 12.5. The minimum absolute atomic E-state index is 0.0101. The van der Waals surface area contributed by atoms with Crippen molar-refractivity contribution in [3.05, 3.63) is 0 Å². The van der Waals surface area contributed by atoms with E-state index in [1.807, 2.05) is 0 Å². The first-order valence-electron chi connectivity index (χ1n) is 34.3. The summed E-state index contributed by atoms with van der Waals surface area (Å²) >= 11 is 0. The van der Waals surface area contributed by atoms with Gasteiger partial charge in [0.15, 0.2) is 0 Å². The second kappa shape index (κ2) is 64.4. The first-order valence-corrected chi connectivity index (χ1v) is 34.3. The SMILES string of the molecule is CCCCCCCCCCCCCCCCCCCCCCCCCCCC(O)C(CO)NC(=O)CCCCCCCCCCCCCCCCCCCOC(=O)CCCCCCCCCCCCCCCCC. The molecule has 0 heterocycles. The molecular formula is C68H135NO5. The Morgan fingerprint density at radius 1 is 0.324 bits per heavy atom. The van der Waals surface area contributed by atoms with E-state index in [2.05, 4.69) is 19.2 Å². The summed E-state index contributed by atoms with van der Waals surface area (Å²) in [5.41, 5.74) is 0. The maximum Gasteiger partial charge on any atom is 0.305 e. The van der Waals surface area contributed by atoms with Crippen LogP contribution in [0.25, 0.3) is 0 Å². The van der Waals surface area contributed by atoms with Gasteiger partial charge in [0.2, 0.25) is 5.91 Å². The molecule has 442 valence electrons. The standard InChI is InChI=1S/C68H135NO5/c1-3-5-7-9-11-13-15-17-19-20-21-22-23-24-25-26-27-29-33-36-40-44-48-52-56-60-66(71)65(64-70)69-67(72)61-57-53-49-45-41-37-34-30-28-31-35-39-43-47-51-55-59-63-74-68(73)62-58-54-50-46-42-38-32-18-16-14-12-10-8-6-4-2/h65-66,70-71H,3-64H2,1-2H3,(H,69,72). The maximum absolute atomic E-state index is 12.5. The third kappa shape index (κ3) is 60.1. The third-order valence-corrected chi connectivity index (χ3v) is 16.4. The average Bonchev–Trinajstić information content (AvgIpc) is 3.40. The van der Waals surface area contributed by atoms with E-state index in [4.69, 9.17) is 4.74 Å². The highest BCUT2D eigenvalue weighted by atomic mass is 16.5. The molecule has 3 N–H and O–H groups in total. The van der Waals surface area contributed by atoms with E-state index in [0.717, 1.165) is 38.5 Å². The van der Waals surface area contributed by atoms with Gasteiger partial charge >= 0.3 is 5.97 Å². The van der Waals surface area contributed by atoms with Crippen LogP contribution in [-0.2, 0) is 14.3 Å². The van der Waals surface area contributed by atoms with Gasteiger partial charge in [-0.1, -0.05) is 361 Å². The summed E-state index contributed by atoms with van der Waals surface area (Å²) in [6.45, 7) is 4.99. The van der Waals surface area contributed by atoms with Crippen molar-refractivity contribution in [3.63, 3.8) is 0 Å². The van der Waals surface area contributed by atoms with Crippen LogP contribution in [0.1, 0.15) is 399 Å². The quantitative estimate of drug-likeness (QED) is 0.0417. The molecule has 0 saturated carbocycles. The number of carbonyl (C=O) groups is 2. The first kappa shape index (κ1) is 72.9. The van der Waals surface area contributed by atoms with Crippen molar-refractivity contribution >= 4 is 11.9 Å². The number of unbranched alkanes of at least 4 members (excludes halogenated alkanes) is 54. The van der Waals surface area contributed by atoms with Crippen LogP contribution in [0.2, 0.25) is 0 Å². The van der Waals surface area contributed by atoms with Crippen LogP contribution < -0.4 is 5.32 Å². The Bertz CT molecular complexity index is 1070. The van der Waals surface area contributed by atoms with E-state index < -0.39 is 12.1 Å². The Balaban J connectivity index is 3.39. The van der Waals surface area contributed by atoms with Gasteiger partial charge in [0.25, 0.3) is 0 Å². The van der Waals surface area contributed by atoms with Gasteiger partial charge in [-0.25, -0.2) is 0 Å². The predicted octanol–water partition coefficient (Wildman–Crippen LogP) is 21.8. The van der Waals surface area contributed by atoms with Gasteiger partial charge in [-0.3, -0.25) is 9.59 Å². The molecule has 0 aliphatic rings. The van der Waals surface area contributed by atoms with E-state index in [1.165, 1.54) is 327 Å². The van der Waals surface area contributed by atoms with Crippen LogP contribution in [0.5, 0.6) is 0 Å². The fourth-order valence-electron chi connectivity index (χ4n) is 11.2. The predicted molar refractivity (Wildman–Crippen MR) is 324 cm³/mol. The number of esters is 1. The van der Waals surface area contributed by atoms with Crippen molar-refractivity contribution in [2.75, 3.05) is 13.2 Å². The summed E-state index contributed by atoms with van der Waals surface area (Å²) < 4.78 is 5.49. The number of rotatable bonds is 65. The number of hydrogen-bond acceptors (Lipinski definition) is 5. The van der Waals surface area contributed by atoms with E-state index in [1.54, 1.807) is 0 Å². The molecule has 2 atom stereocenters. The molecule has 0 rings (SSSR count). The van der Waals surface area contributed by atoms with E-state index >= 15 is 0 Å². The largest absolute Gasteiger partial charge is 0.466 e. The lowest BCUT2D eigenvalue weighted by molar-refractivity contribution is -0.143. The van der Waals surface area contributed by atoms with Gasteiger partial charge in [-0.2, -0.15) is 0 Å². The van der Waals surface area contributed by atoms with Gasteiger partial charge < -0.3 is 20.3 Å². The minimum Gasteiger partial charge on any atom is -0.466 e. The molecule has 0 aliphatic heterocycles. The fraction of sp³-hybridized carbons (Fsp3) is 0.971. The monoisotopic (exact) mass is 1050 g/mol. The lowest BCUT2D eigenvalue weighted by atomic mass is 10.0. The lowest BCUT2D eigenvalue weighted by Gasteiger charge is -2.22. The number of ether oxygens (including phenoxy) is 1. The molecule has 0 saturated heterocycles. The van der Waals surface area contributed by atoms with Crippen LogP contribution in [-0.4, -0.2) is 47.4 Å². The highest BCUT2D eigenvalue weighted by molar-refractivity contribution is 5.76. The molecule has 0 aliphatic carbocycles. The van der Waals surface area contributed by atoms with Crippen LogP contribution in [0.3, 0.4) is 0 Å². The number of carbonyl (C=O) groups excluding carboxylic acids is 2. The summed E-state index contributed by atoms with van der Waals surface area (Å²) in [4.78, 5) is 24.6. The molecule has 0 aromatic carbocycles. The molecule has 0 radical (unpaired) electrons. The van der Waals surface area contributed by atoms with E-state index in [9.17, 15) is 19.8 Å². The van der Waals surface area contributed by atoms with Crippen molar-refractivity contribution in [1.29, 1.82) is 0 Å². The molecule has 0 aromatic heterocycles. The summed E-state index contributed by atoms with van der Waals surface area (Å²) in [6, 6.07) is -0.546. The van der Waals surface area contributed by atoms with Crippen molar-refractivity contribution in [2.24, 2.45) is 0 Å². The van der Waals surface area contributed by atoms with Gasteiger partial charge in [-0.15, -0.1) is 0 Å². The molecule has 6 heteroatoms. The number of amides is 1. The smallest absolute Gasteiger partial charge is 0.305 e. The Kier molecular flexibility index (Phi) is 63.4. The van der Waals surface area contributed by atoms with Gasteiger partial charge in [0.1, 0.15) is 0 Å². The molecule has 2 unspecified atom stereocenters. The summed E-state index contributed by atoms with van der Waals surface area (Å²) in [7, 11) is 0. The fourth-order valence-corrected chi connectivity index (χ4v) is 11.2. The number of nitrogens with one attached hydrogen (secondary N) is 1. The van der Waals surface area contributed by atoms with Crippen molar-refractivity contribution in [3.8, 4) is 0 Å². The summed E-state index contributed by atoms with van der Waals surface area (Å²) in [6.07, 6.45) is 77.0. The second-order valence-electron chi connectivity index (χ2n) is 23.9. The normalized spacial score (nSPS) is 12.4. The van der Waals surface area contributed by atoms with Crippen LogP contribution in [0.4, 0.5) is 0 Å². The number of aliphatic hydroxyl groups is 2. The zero-order valence-electron chi connectivity index (χ0n) is 50.6. The molecule has 1 amide bonds. The number of aliphatic hydroxyl groups excluding tert-OH is 2. The van der Waals surface area contributed by atoms with E-state index in [-0.39, 0.29) is 18.5 Å². The third-order valence-electron chi connectivity index (χ3n) is 16.4. The summed E-state index contributed by atoms with van der Waals surface area (Å²) in [5, 5.41) is 23.4. The van der Waals surface area contributed by atoms with Crippen LogP contribution in [0, 0.1) is 0 Å². The highest BCUT2D eigenvalue weighted by Gasteiger charge is 2.20. The van der Waals surface area contributed by atoms with Crippen molar-refractivity contribution in [2.45, 2.75) is 411 Å². The topological polar surface area (TPSA) is 95.9 Å². The molecule has 0 aromatic rings. The zero-order chi connectivity index (χ0) is 53.6. The molecular weight excluding hydrogens is 911 g/mol. The van der Waals surface area contributed by atoms with Gasteiger partial charge in [0, 0.05) is 12.8 Å². The van der Waals surface area contributed by atoms with Crippen molar-refractivity contribution < 1.29 is 24.5 Å². The zero-order valence-corrected chi connectivity index (χ0v) is 50.6. The Morgan fingerprint density at radius 3 is 0.824 bits per heavy atom. The van der Waals surface area contributed by atoms with Crippen LogP contribution in [0.15, 0.2) is 0 Å². The van der Waals surface area contributed by atoms with Crippen molar-refractivity contribution in [1.82, 2.24) is 5.32 Å². The van der Waals surface area contributed by atoms with Crippen LogP contribution >= 0.6 is 0 Å². The molecule has 74 heavy (non-hydrogen) atoms. The molecule has 0 bridgehead atoms. The summed E-state index contributed by atoms with van der Waals surface area (Å²) in [5.74, 6) is -0.0242. The second-order valence-corrected chi connectivity index (χ2v) is 23.9. The molecule has 0 spiro atoms. The first-order chi connectivity index (χ1) is 36.5. The molecule has 6 nitrogen and oxygen atoms in total. The van der Waals surface area contributed by atoms with Gasteiger partial charge in [-0.05, 0) is 25.7 Å². The minimum atomic E-state index is -0.668. The Labute approximate surface area is 464 Å². The van der Waals surface area contributed by atoms with Gasteiger partial charge in [0.05, 0.1) is 25.4 Å².